The number of carboxylic acid groups (broad SMARTS) is 1. The summed E-state index contributed by atoms with van der Waals surface area (Å²) in [5, 5.41) is 15.4. The van der Waals surface area contributed by atoms with E-state index in [2.05, 4.69) is 10.3 Å². The van der Waals surface area contributed by atoms with E-state index in [1.54, 1.807) is 35.7 Å². The number of thiophene rings is 1. The van der Waals surface area contributed by atoms with Crippen molar-refractivity contribution in [1.29, 1.82) is 0 Å². The van der Waals surface area contributed by atoms with E-state index in [0.717, 1.165) is 16.8 Å². The highest BCUT2D eigenvalue weighted by Gasteiger charge is 2.05. The van der Waals surface area contributed by atoms with Gasteiger partial charge in [-0.2, -0.15) is 0 Å². The number of nitrogens with one attached hydrogen (secondary N) is 1. The predicted molar refractivity (Wildman–Crippen MR) is 80.3 cm³/mol. The zero-order valence-corrected chi connectivity index (χ0v) is 11.4. The summed E-state index contributed by atoms with van der Waals surface area (Å²) in [6, 6.07) is 10.9. The molecule has 3 rings (SSSR count). The molecule has 0 spiro atoms. The van der Waals surface area contributed by atoms with Crippen molar-refractivity contribution in [2.45, 2.75) is 6.54 Å². The molecule has 0 unspecified atom stereocenters. The summed E-state index contributed by atoms with van der Waals surface area (Å²) in [5.41, 5.74) is 1.21. The van der Waals surface area contributed by atoms with Crippen LogP contribution in [0.15, 0.2) is 48.0 Å². The van der Waals surface area contributed by atoms with E-state index in [9.17, 15) is 4.79 Å². The molecule has 4 nitrogen and oxygen atoms in total. The fraction of sp³-hybridized carbons (Fsp3) is 0.0667. The van der Waals surface area contributed by atoms with Crippen LogP contribution in [0.3, 0.4) is 0 Å². The van der Waals surface area contributed by atoms with Crippen LogP contribution in [0.25, 0.3) is 10.1 Å². The monoisotopic (exact) mass is 284 g/mol. The first-order valence-corrected chi connectivity index (χ1v) is 7.00. The summed E-state index contributed by atoms with van der Waals surface area (Å²) < 4.78 is 1.18. The first-order valence-electron chi connectivity index (χ1n) is 6.12. The van der Waals surface area contributed by atoms with Gasteiger partial charge in [0.05, 0.1) is 5.56 Å². The minimum absolute atomic E-state index is 0.297. The predicted octanol–water partition coefficient (Wildman–Crippen LogP) is 3.61. The molecular formula is C15H12N2O2S. The summed E-state index contributed by atoms with van der Waals surface area (Å²) in [6.45, 7) is 0.545. The maximum absolute atomic E-state index is 10.9. The van der Waals surface area contributed by atoms with Gasteiger partial charge in [-0.15, -0.1) is 11.3 Å². The van der Waals surface area contributed by atoms with E-state index in [4.69, 9.17) is 5.11 Å². The lowest BCUT2D eigenvalue weighted by Gasteiger charge is -2.07. The number of carbonyl (C=O) groups is 1. The molecule has 100 valence electrons. The molecule has 0 aliphatic heterocycles. The topological polar surface area (TPSA) is 62.2 Å². The van der Waals surface area contributed by atoms with Gasteiger partial charge in [0.2, 0.25) is 0 Å². The van der Waals surface area contributed by atoms with Gasteiger partial charge in [0.15, 0.2) is 0 Å². The van der Waals surface area contributed by atoms with Crippen LogP contribution in [0.5, 0.6) is 0 Å². The van der Waals surface area contributed by atoms with Gasteiger partial charge in [-0.05, 0) is 35.2 Å². The molecule has 2 N–H and O–H groups in total. The van der Waals surface area contributed by atoms with Crippen molar-refractivity contribution in [2.75, 3.05) is 5.32 Å². The Morgan fingerprint density at radius 3 is 3.05 bits per heavy atom. The normalized spacial score (nSPS) is 10.6. The van der Waals surface area contributed by atoms with Gasteiger partial charge >= 0.3 is 5.97 Å². The minimum Gasteiger partial charge on any atom is -0.478 e. The lowest BCUT2D eigenvalue weighted by molar-refractivity contribution is 0.0697. The molecule has 0 aliphatic carbocycles. The SMILES string of the molecule is O=C(O)c1cccc(CNc2nccc3sccc23)c1. The maximum Gasteiger partial charge on any atom is 0.335 e. The lowest BCUT2D eigenvalue weighted by atomic mass is 10.1. The van der Waals surface area contributed by atoms with Gasteiger partial charge in [-0.1, -0.05) is 12.1 Å². The van der Waals surface area contributed by atoms with Crippen molar-refractivity contribution in [1.82, 2.24) is 4.98 Å². The van der Waals surface area contributed by atoms with Crippen molar-refractivity contribution >= 4 is 33.2 Å². The molecule has 1 aromatic carbocycles. The van der Waals surface area contributed by atoms with E-state index in [-0.39, 0.29) is 0 Å². The van der Waals surface area contributed by atoms with E-state index < -0.39 is 5.97 Å². The van der Waals surface area contributed by atoms with Gasteiger partial charge < -0.3 is 10.4 Å². The van der Waals surface area contributed by atoms with Crippen LogP contribution in [0.2, 0.25) is 0 Å². The fourth-order valence-corrected chi connectivity index (χ4v) is 2.82. The number of aromatic nitrogens is 1. The van der Waals surface area contributed by atoms with Crippen LogP contribution in [-0.2, 0) is 6.54 Å². The quantitative estimate of drug-likeness (QED) is 0.768. The van der Waals surface area contributed by atoms with E-state index in [0.29, 0.717) is 12.1 Å². The fourth-order valence-electron chi connectivity index (χ4n) is 2.04. The number of fused-ring (bicyclic) bond motifs is 1. The van der Waals surface area contributed by atoms with E-state index in [1.165, 1.54) is 4.70 Å². The second-order valence-corrected chi connectivity index (χ2v) is 5.30. The first-order chi connectivity index (χ1) is 9.74. The van der Waals surface area contributed by atoms with E-state index in [1.807, 2.05) is 23.6 Å². The number of rotatable bonds is 4. The van der Waals surface area contributed by atoms with E-state index >= 15 is 0 Å². The number of nitrogens with zero attached hydrogens (tertiary/aromatic N) is 1. The summed E-state index contributed by atoms with van der Waals surface area (Å²) in [4.78, 5) is 15.3. The molecule has 0 saturated heterocycles. The number of carboxylic acids is 1. The Morgan fingerprint density at radius 1 is 1.30 bits per heavy atom. The highest BCUT2D eigenvalue weighted by atomic mass is 32.1. The number of aromatic carboxylic acids is 1. The number of hydrogen-bond donors (Lipinski definition) is 2. The molecule has 0 bridgehead atoms. The average Bonchev–Trinajstić information content (AvgIpc) is 2.94. The Bertz CT molecular complexity index is 767. The zero-order chi connectivity index (χ0) is 13.9. The average molecular weight is 284 g/mol. The van der Waals surface area contributed by atoms with Crippen molar-refractivity contribution in [3.05, 3.63) is 59.1 Å². The number of benzene rings is 1. The Hall–Kier alpha value is -2.40. The van der Waals surface area contributed by atoms with Crippen molar-refractivity contribution in [2.24, 2.45) is 0 Å². The van der Waals surface area contributed by atoms with Gasteiger partial charge in [0.25, 0.3) is 0 Å². The van der Waals surface area contributed by atoms with Gasteiger partial charge in [-0.3, -0.25) is 0 Å². The van der Waals surface area contributed by atoms with Crippen LogP contribution < -0.4 is 5.32 Å². The number of pyridine rings is 1. The van der Waals surface area contributed by atoms with Crippen LogP contribution >= 0.6 is 11.3 Å². The Labute approximate surface area is 119 Å². The molecule has 0 saturated carbocycles. The molecule has 5 heteroatoms. The minimum atomic E-state index is -0.912. The van der Waals surface area contributed by atoms with Crippen molar-refractivity contribution in [3.8, 4) is 0 Å². The zero-order valence-electron chi connectivity index (χ0n) is 10.5. The third-order valence-electron chi connectivity index (χ3n) is 3.01. The molecule has 0 radical (unpaired) electrons. The Morgan fingerprint density at radius 2 is 2.20 bits per heavy atom. The molecule has 0 amide bonds. The second-order valence-electron chi connectivity index (χ2n) is 4.35. The molecular weight excluding hydrogens is 272 g/mol. The first kappa shape index (κ1) is 12.6. The van der Waals surface area contributed by atoms with Gasteiger partial charge in [0.1, 0.15) is 5.82 Å². The molecule has 2 heterocycles. The Kier molecular flexibility index (Phi) is 3.35. The molecule has 0 atom stereocenters. The van der Waals surface area contributed by atoms with Crippen LogP contribution in [0.1, 0.15) is 15.9 Å². The van der Waals surface area contributed by atoms with Crippen LogP contribution in [0.4, 0.5) is 5.82 Å². The summed E-state index contributed by atoms with van der Waals surface area (Å²) >= 11 is 1.67. The highest BCUT2D eigenvalue weighted by molar-refractivity contribution is 7.17. The standard InChI is InChI=1S/C15H12N2O2S/c18-15(19)11-3-1-2-10(8-11)9-17-14-12-5-7-20-13(12)4-6-16-14/h1-8H,9H2,(H,16,17)(H,18,19). The third kappa shape index (κ3) is 2.48. The lowest BCUT2D eigenvalue weighted by Crippen LogP contribution is -2.03. The third-order valence-corrected chi connectivity index (χ3v) is 3.90. The van der Waals surface area contributed by atoms with Crippen LogP contribution in [0, 0.1) is 0 Å². The summed E-state index contributed by atoms with van der Waals surface area (Å²) in [5.74, 6) is -0.0885. The molecule has 2 aromatic heterocycles. The van der Waals surface area contributed by atoms with Crippen molar-refractivity contribution < 1.29 is 9.90 Å². The Balaban J connectivity index is 1.81. The van der Waals surface area contributed by atoms with Gasteiger partial charge in [0, 0.05) is 22.8 Å². The van der Waals surface area contributed by atoms with Gasteiger partial charge in [-0.25, -0.2) is 9.78 Å². The summed E-state index contributed by atoms with van der Waals surface area (Å²) in [7, 11) is 0. The number of hydrogen-bond acceptors (Lipinski definition) is 4. The largest absolute Gasteiger partial charge is 0.478 e. The highest BCUT2D eigenvalue weighted by Crippen LogP contribution is 2.26. The molecule has 20 heavy (non-hydrogen) atoms. The van der Waals surface area contributed by atoms with Crippen molar-refractivity contribution in [3.63, 3.8) is 0 Å². The maximum atomic E-state index is 10.9. The molecule has 3 aromatic rings. The van der Waals surface area contributed by atoms with Crippen LogP contribution in [-0.4, -0.2) is 16.1 Å². The molecule has 0 fully saturated rings. The molecule has 0 aliphatic rings. The number of anilines is 1. The summed E-state index contributed by atoms with van der Waals surface area (Å²) in [6.07, 6.45) is 1.77. The second kappa shape index (κ2) is 5.30. The smallest absolute Gasteiger partial charge is 0.335 e.